The van der Waals surface area contributed by atoms with Crippen LogP contribution in [-0.2, 0) is 0 Å². The summed E-state index contributed by atoms with van der Waals surface area (Å²) in [5.41, 5.74) is 0.596. The summed E-state index contributed by atoms with van der Waals surface area (Å²) in [5, 5.41) is 0.299. The fourth-order valence-electron chi connectivity index (χ4n) is 1.19. The number of ketones is 1. The lowest BCUT2D eigenvalue weighted by molar-refractivity contribution is 0.102. The van der Waals surface area contributed by atoms with E-state index in [4.69, 9.17) is 9.47 Å². The van der Waals surface area contributed by atoms with Gasteiger partial charge in [0.25, 0.3) is 5.95 Å². The normalized spacial score (nSPS) is 13.1. The molecule has 1 aromatic rings. The highest BCUT2D eigenvalue weighted by atomic mass is 79.9. The molecular formula is C10H7BrO3. The Kier molecular flexibility index (Phi) is 2.29. The van der Waals surface area contributed by atoms with Crippen LogP contribution in [-0.4, -0.2) is 11.1 Å². The second-order valence-corrected chi connectivity index (χ2v) is 3.36. The van der Waals surface area contributed by atoms with Gasteiger partial charge < -0.3 is 9.47 Å². The molecule has 72 valence electrons. The van der Waals surface area contributed by atoms with Crippen LogP contribution in [0.1, 0.15) is 10.4 Å². The minimum Gasteiger partial charge on any atom is -0.422 e. The molecule has 0 saturated carbocycles. The Bertz CT molecular complexity index is 412. The number of hydrogen-bond donors (Lipinski definition) is 0. The topological polar surface area (TPSA) is 35.5 Å². The van der Waals surface area contributed by atoms with Crippen LogP contribution >= 0.6 is 15.9 Å². The summed E-state index contributed by atoms with van der Waals surface area (Å²) in [6.07, 6.45) is 0. The summed E-state index contributed by atoms with van der Waals surface area (Å²) in [6.45, 7) is 3.52. The number of fused-ring (bicyclic) bond motifs is 1. The van der Waals surface area contributed by atoms with Gasteiger partial charge in [0.1, 0.15) is 0 Å². The Morgan fingerprint density at radius 3 is 2.79 bits per heavy atom. The molecule has 0 spiro atoms. The first-order valence-electron chi connectivity index (χ1n) is 3.98. The standard InChI is InChI=1S/C10H7BrO3/c1-6-13-9-3-2-7(8(12)5-11)4-10(9)14-6/h2-4H,1,5H2. The quantitative estimate of drug-likeness (QED) is 0.601. The van der Waals surface area contributed by atoms with Crippen molar-refractivity contribution in [3.8, 4) is 11.5 Å². The third-order valence-corrected chi connectivity index (χ3v) is 2.34. The molecule has 14 heavy (non-hydrogen) atoms. The molecule has 0 saturated heterocycles. The van der Waals surface area contributed by atoms with Gasteiger partial charge in [-0.15, -0.1) is 0 Å². The molecule has 0 atom stereocenters. The second-order valence-electron chi connectivity index (χ2n) is 2.79. The third kappa shape index (κ3) is 1.53. The molecular weight excluding hydrogens is 248 g/mol. The fraction of sp³-hybridized carbons (Fsp3) is 0.100. The van der Waals surface area contributed by atoms with Gasteiger partial charge in [0.2, 0.25) is 0 Å². The molecule has 0 N–H and O–H groups in total. The summed E-state index contributed by atoms with van der Waals surface area (Å²) >= 11 is 3.10. The number of carbonyl (C=O) groups excluding carboxylic acids is 1. The van der Waals surface area contributed by atoms with Crippen LogP contribution in [0, 0.1) is 0 Å². The number of carbonyl (C=O) groups is 1. The predicted molar refractivity (Wildman–Crippen MR) is 55.0 cm³/mol. The van der Waals surface area contributed by atoms with Gasteiger partial charge in [-0.2, -0.15) is 0 Å². The Morgan fingerprint density at radius 2 is 2.07 bits per heavy atom. The van der Waals surface area contributed by atoms with E-state index in [1.165, 1.54) is 0 Å². The van der Waals surface area contributed by atoms with E-state index in [0.717, 1.165) is 0 Å². The van der Waals surface area contributed by atoms with Gasteiger partial charge in [0.05, 0.1) is 5.33 Å². The zero-order valence-electron chi connectivity index (χ0n) is 7.25. The van der Waals surface area contributed by atoms with Gasteiger partial charge in [-0.1, -0.05) is 15.9 Å². The monoisotopic (exact) mass is 254 g/mol. The van der Waals surface area contributed by atoms with E-state index in [-0.39, 0.29) is 11.7 Å². The van der Waals surface area contributed by atoms with E-state index in [1.807, 2.05) is 0 Å². The van der Waals surface area contributed by atoms with Gasteiger partial charge in [0.15, 0.2) is 17.3 Å². The molecule has 1 aliphatic rings. The minimum atomic E-state index is 0.00825. The molecule has 0 bridgehead atoms. The van der Waals surface area contributed by atoms with E-state index < -0.39 is 0 Å². The van der Waals surface area contributed by atoms with Crippen molar-refractivity contribution < 1.29 is 14.3 Å². The van der Waals surface area contributed by atoms with Crippen molar-refractivity contribution in [1.82, 2.24) is 0 Å². The summed E-state index contributed by atoms with van der Waals surface area (Å²) in [4.78, 5) is 11.3. The van der Waals surface area contributed by atoms with Crippen molar-refractivity contribution in [3.63, 3.8) is 0 Å². The smallest absolute Gasteiger partial charge is 0.282 e. The molecule has 1 aromatic carbocycles. The summed E-state index contributed by atoms with van der Waals surface area (Å²) in [7, 11) is 0. The summed E-state index contributed by atoms with van der Waals surface area (Å²) in [6, 6.07) is 5.05. The van der Waals surface area contributed by atoms with E-state index in [1.54, 1.807) is 18.2 Å². The maximum atomic E-state index is 11.3. The van der Waals surface area contributed by atoms with Crippen LogP contribution in [0.5, 0.6) is 11.5 Å². The number of rotatable bonds is 2. The molecule has 0 aliphatic carbocycles. The number of benzene rings is 1. The minimum absolute atomic E-state index is 0.00825. The number of hydrogen-bond acceptors (Lipinski definition) is 3. The van der Waals surface area contributed by atoms with Gasteiger partial charge >= 0.3 is 0 Å². The number of halogens is 1. The average molecular weight is 255 g/mol. The van der Waals surface area contributed by atoms with Crippen LogP contribution in [0.3, 0.4) is 0 Å². The molecule has 4 heteroatoms. The second kappa shape index (κ2) is 3.46. The number of alkyl halides is 1. The van der Waals surface area contributed by atoms with E-state index in [2.05, 4.69) is 22.5 Å². The molecule has 0 amide bonds. The van der Waals surface area contributed by atoms with Crippen molar-refractivity contribution in [2.24, 2.45) is 0 Å². The summed E-state index contributed by atoms with van der Waals surface area (Å²) in [5.74, 6) is 1.39. The Morgan fingerprint density at radius 1 is 1.36 bits per heavy atom. The van der Waals surface area contributed by atoms with E-state index in [9.17, 15) is 4.79 Å². The lowest BCUT2D eigenvalue weighted by atomic mass is 10.1. The largest absolute Gasteiger partial charge is 0.422 e. The molecule has 1 heterocycles. The zero-order chi connectivity index (χ0) is 10.1. The first-order valence-corrected chi connectivity index (χ1v) is 5.10. The van der Waals surface area contributed by atoms with Gasteiger partial charge in [0, 0.05) is 5.56 Å². The van der Waals surface area contributed by atoms with Gasteiger partial charge in [-0.25, -0.2) is 0 Å². The van der Waals surface area contributed by atoms with Crippen molar-refractivity contribution in [3.05, 3.63) is 36.3 Å². The molecule has 0 fully saturated rings. The first-order chi connectivity index (χ1) is 6.70. The van der Waals surface area contributed by atoms with Crippen molar-refractivity contribution in [2.45, 2.75) is 0 Å². The van der Waals surface area contributed by atoms with Crippen LogP contribution in [0.25, 0.3) is 0 Å². The van der Waals surface area contributed by atoms with Crippen molar-refractivity contribution >= 4 is 21.7 Å². The maximum absolute atomic E-state index is 11.3. The highest BCUT2D eigenvalue weighted by molar-refractivity contribution is 9.09. The van der Waals surface area contributed by atoms with Crippen molar-refractivity contribution in [2.75, 3.05) is 5.33 Å². The lowest BCUT2D eigenvalue weighted by Crippen LogP contribution is -1.98. The molecule has 3 nitrogen and oxygen atoms in total. The zero-order valence-corrected chi connectivity index (χ0v) is 8.83. The maximum Gasteiger partial charge on any atom is 0.282 e. The predicted octanol–water partition coefficient (Wildman–Crippen LogP) is 2.51. The third-order valence-electron chi connectivity index (χ3n) is 1.83. The number of Topliss-reactive ketones (excluding diaryl/α,β-unsaturated/α-hetero) is 1. The molecule has 1 aliphatic heterocycles. The fourth-order valence-corrected chi connectivity index (χ4v) is 1.51. The van der Waals surface area contributed by atoms with Crippen LogP contribution in [0.4, 0.5) is 0 Å². The highest BCUT2D eigenvalue weighted by Gasteiger charge is 2.18. The van der Waals surface area contributed by atoms with Gasteiger partial charge in [-0.3, -0.25) is 4.79 Å². The van der Waals surface area contributed by atoms with Crippen LogP contribution < -0.4 is 9.47 Å². The van der Waals surface area contributed by atoms with Crippen LogP contribution in [0.2, 0.25) is 0 Å². The molecule has 2 rings (SSSR count). The molecule has 0 unspecified atom stereocenters. The summed E-state index contributed by atoms with van der Waals surface area (Å²) < 4.78 is 10.3. The SMILES string of the molecule is C=C1Oc2ccc(C(=O)CBr)cc2O1. The Balaban J connectivity index is 2.37. The average Bonchev–Trinajstić information content (AvgIpc) is 2.55. The van der Waals surface area contributed by atoms with Crippen LogP contribution in [0.15, 0.2) is 30.7 Å². The Hall–Kier alpha value is -1.29. The first kappa shape index (κ1) is 9.27. The van der Waals surface area contributed by atoms with E-state index >= 15 is 0 Å². The number of ether oxygens (including phenoxy) is 2. The molecule has 0 radical (unpaired) electrons. The highest BCUT2D eigenvalue weighted by Crippen LogP contribution is 2.36. The molecule has 0 aromatic heterocycles. The van der Waals surface area contributed by atoms with E-state index in [0.29, 0.717) is 22.4 Å². The Labute approximate surface area is 89.5 Å². The lowest BCUT2D eigenvalue weighted by Gasteiger charge is -1.98. The van der Waals surface area contributed by atoms with Gasteiger partial charge in [-0.05, 0) is 24.8 Å². The van der Waals surface area contributed by atoms with Crippen molar-refractivity contribution in [1.29, 1.82) is 0 Å².